The Bertz CT molecular complexity index is 417. The summed E-state index contributed by atoms with van der Waals surface area (Å²) in [6.07, 6.45) is -2.44. The lowest BCUT2D eigenvalue weighted by Gasteiger charge is -2.26. The SMILES string of the molecule is COCCNCc1cc(C)ccc1N(CCO)CC(F)F. The quantitative estimate of drug-likeness (QED) is 0.647. The van der Waals surface area contributed by atoms with Gasteiger partial charge in [0.05, 0.1) is 19.8 Å². The molecule has 0 radical (unpaired) electrons. The molecule has 0 fully saturated rings. The Morgan fingerprint density at radius 3 is 2.76 bits per heavy atom. The van der Waals surface area contributed by atoms with Crippen LogP contribution >= 0.6 is 0 Å². The largest absolute Gasteiger partial charge is 0.395 e. The second kappa shape index (κ2) is 9.65. The van der Waals surface area contributed by atoms with E-state index in [0.717, 1.165) is 16.8 Å². The van der Waals surface area contributed by atoms with Gasteiger partial charge in [-0.3, -0.25) is 0 Å². The van der Waals surface area contributed by atoms with E-state index < -0.39 is 6.43 Å². The summed E-state index contributed by atoms with van der Waals surface area (Å²) in [5, 5.41) is 12.3. The van der Waals surface area contributed by atoms with Crippen LogP contribution in [0.2, 0.25) is 0 Å². The maximum Gasteiger partial charge on any atom is 0.255 e. The zero-order chi connectivity index (χ0) is 15.7. The Morgan fingerprint density at radius 2 is 2.14 bits per heavy atom. The van der Waals surface area contributed by atoms with Crippen LogP contribution in [0.15, 0.2) is 18.2 Å². The second-order valence-electron chi connectivity index (χ2n) is 4.86. The summed E-state index contributed by atoms with van der Waals surface area (Å²) in [6.45, 7) is 3.49. The van der Waals surface area contributed by atoms with Gasteiger partial charge in [-0.25, -0.2) is 8.78 Å². The lowest BCUT2D eigenvalue weighted by molar-refractivity contribution is 0.152. The monoisotopic (exact) mass is 302 g/mol. The van der Waals surface area contributed by atoms with Gasteiger partial charge in [-0.1, -0.05) is 17.7 Å². The van der Waals surface area contributed by atoms with Crippen LogP contribution in [0, 0.1) is 6.92 Å². The molecule has 0 aliphatic heterocycles. The number of benzene rings is 1. The van der Waals surface area contributed by atoms with Gasteiger partial charge in [-0.15, -0.1) is 0 Å². The number of nitrogens with zero attached hydrogens (tertiary/aromatic N) is 1. The van der Waals surface area contributed by atoms with Gasteiger partial charge < -0.3 is 20.1 Å². The number of aliphatic hydroxyl groups excluding tert-OH is 1. The number of aliphatic hydroxyl groups is 1. The van der Waals surface area contributed by atoms with Gasteiger partial charge in [0.1, 0.15) is 0 Å². The first-order valence-corrected chi connectivity index (χ1v) is 7.01. The number of ether oxygens (including phenoxy) is 1. The molecule has 0 heterocycles. The van der Waals surface area contributed by atoms with Crippen molar-refractivity contribution >= 4 is 5.69 Å². The van der Waals surface area contributed by atoms with Crippen LogP contribution in [-0.4, -0.2) is 51.5 Å². The van der Waals surface area contributed by atoms with E-state index in [-0.39, 0.29) is 19.7 Å². The molecule has 0 saturated carbocycles. The zero-order valence-corrected chi connectivity index (χ0v) is 12.6. The first kappa shape index (κ1) is 17.8. The minimum Gasteiger partial charge on any atom is -0.395 e. The van der Waals surface area contributed by atoms with Crippen molar-refractivity contribution < 1.29 is 18.6 Å². The standard InChI is InChI=1S/C15H24F2N2O2/c1-12-3-4-14(19(6-7-20)11-15(16)17)13(9-12)10-18-5-8-21-2/h3-4,9,15,18,20H,5-8,10-11H2,1-2H3. The molecule has 0 aliphatic rings. The minimum atomic E-state index is -2.44. The summed E-state index contributed by atoms with van der Waals surface area (Å²) in [7, 11) is 1.63. The van der Waals surface area contributed by atoms with E-state index >= 15 is 0 Å². The van der Waals surface area contributed by atoms with E-state index in [1.807, 2.05) is 25.1 Å². The third-order valence-electron chi connectivity index (χ3n) is 3.10. The van der Waals surface area contributed by atoms with E-state index in [0.29, 0.717) is 19.7 Å². The molecule has 0 bridgehead atoms. The highest BCUT2D eigenvalue weighted by Crippen LogP contribution is 2.23. The van der Waals surface area contributed by atoms with E-state index in [2.05, 4.69) is 5.32 Å². The van der Waals surface area contributed by atoms with Crippen LogP contribution in [0.3, 0.4) is 0 Å². The van der Waals surface area contributed by atoms with Gasteiger partial charge in [0.15, 0.2) is 0 Å². The molecule has 1 rings (SSSR count). The molecule has 0 amide bonds. The Morgan fingerprint density at radius 1 is 1.38 bits per heavy atom. The van der Waals surface area contributed by atoms with Gasteiger partial charge in [0, 0.05) is 32.4 Å². The fourth-order valence-electron chi connectivity index (χ4n) is 2.16. The number of nitrogens with one attached hydrogen (secondary N) is 1. The highest BCUT2D eigenvalue weighted by molar-refractivity contribution is 5.55. The Balaban J connectivity index is 2.86. The molecule has 4 nitrogen and oxygen atoms in total. The summed E-state index contributed by atoms with van der Waals surface area (Å²) in [5.41, 5.74) is 2.75. The smallest absolute Gasteiger partial charge is 0.255 e. The number of aryl methyl sites for hydroxylation is 1. The molecule has 2 N–H and O–H groups in total. The molecular weight excluding hydrogens is 278 g/mol. The first-order valence-electron chi connectivity index (χ1n) is 7.01. The Hall–Kier alpha value is -1.24. The third kappa shape index (κ3) is 6.37. The lowest BCUT2D eigenvalue weighted by Crippen LogP contribution is -2.33. The molecular formula is C15H24F2N2O2. The van der Waals surface area contributed by atoms with E-state index in [1.165, 1.54) is 4.90 Å². The third-order valence-corrected chi connectivity index (χ3v) is 3.10. The molecule has 21 heavy (non-hydrogen) atoms. The van der Waals surface area contributed by atoms with Crippen LogP contribution in [-0.2, 0) is 11.3 Å². The van der Waals surface area contributed by atoms with Crippen molar-refractivity contribution in [3.63, 3.8) is 0 Å². The summed E-state index contributed by atoms with van der Waals surface area (Å²) in [6, 6.07) is 5.70. The Labute approximate surface area is 124 Å². The number of methoxy groups -OCH3 is 1. The van der Waals surface area contributed by atoms with Crippen molar-refractivity contribution in [3.8, 4) is 0 Å². The van der Waals surface area contributed by atoms with Crippen LogP contribution < -0.4 is 10.2 Å². The van der Waals surface area contributed by atoms with Crippen molar-refractivity contribution in [3.05, 3.63) is 29.3 Å². The molecule has 120 valence electrons. The van der Waals surface area contributed by atoms with Crippen molar-refractivity contribution in [1.29, 1.82) is 0 Å². The van der Waals surface area contributed by atoms with E-state index in [1.54, 1.807) is 7.11 Å². The van der Waals surface area contributed by atoms with Crippen molar-refractivity contribution in [2.24, 2.45) is 0 Å². The van der Waals surface area contributed by atoms with Gasteiger partial charge in [-0.2, -0.15) is 0 Å². The minimum absolute atomic E-state index is 0.156. The highest BCUT2D eigenvalue weighted by atomic mass is 19.3. The number of hydrogen-bond acceptors (Lipinski definition) is 4. The van der Waals surface area contributed by atoms with Gasteiger partial charge >= 0.3 is 0 Å². The normalized spacial score (nSPS) is 11.1. The predicted molar refractivity (Wildman–Crippen MR) is 80.1 cm³/mol. The molecule has 0 aromatic heterocycles. The highest BCUT2D eigenvalue weighted by Gasteiger charge is 2.15. The number of alkyl halides is 2. The number of halogens is 2. The average molecular weight is 302 g/mol. The van der Waals surface area contributed by atoms with Crippen molar-refractivity contribution in [2.45, 2.75) is 19.9 Å². The van der Waals surface area contributed by atoms with Crippen molar-refractivity contribution in [2.75, 3.05) is 44.9 Å². The molecule has 6 heteroatoms. The number of rotatable bonds is 10. The lowest BCUT2D eigenvalue weighted by atomic mass is 10.1. The van der Waals surface area contributed by atoms with Crippen LogP contribution in [0.4, 0.5) is 14.5 Å². The number of anilines is 1. The molecule has 0 saturated heterocycles. The van der Waals surface area contributed by atoms with Gasteiger partial charge in [0.25, 0.3) is 6.43 Å². The fourth-order valence-corrected chi connectivity index (χ4v) is 2.16. The molecule has 1 aromatic rings. The predicted octanol–water partition coefficient (Wildman–Crippen LogP) is 1.79. The molecule has 1 aromatic carbocycles. The average Bonchev–Trinajstić information content (AvgIpc) is 2.43. The summed E-state index contributed by atoms with van der Waals surface area (Å²) < 4.78 is 30.4. The van der Waals surface area contributed by atoms with E-state index in [9.17, 15) is 8.78 Å². The summed E-state index contributed by atoms with van der Waals surface area (Å²) in [4.78, 5) is 1.53. The maximum atomic E-state index is 12.7. The summed E-state index contributed by atoms with van der Waals surface area (Å²) in [5.74, 6) is 0. The Kier molecular flexibility index (Phi) is 8.19. The van der Waals surface area contributed by atoms with Crippen molar-refractivity contribution in [1.82, 2.24) is 5.32 Å². The molecule has 0 unspecified atom stereocenters. The van der Waals surface area contributed by atoms with Gasteiger partial charge in [0.2, 0.25) is 0 Å². The van der Waals surface area contributed by atoms with Crippen LogP contribution in [0.5, 0.6) is 0 Å². The molecule has 0 atom stereocenters. The van der Waals surface area contributed by atoms with E-state index in [4.69, 9.17) is 9.84 Å². The maximum absolute atomic E-state index is 12.7. The van der Waals surface area contributed by atoms with Crippen LogP contribution in [0.25, 0.3) is 0 Å². The second-order valence-corrected chi connectivity index (χ2v) is 4.86. The molecule has 0 aliphatic carbocycles. The van der Waals surface area contributed by atoms with Crippen LogP contribution in [0.1, 0.15) is 11.1 Å². The fraction of sp³-hybridized carbons (Fsp3) is 0.600. The topological polar surface area (TPSA) is 44.7 Å². The zero-order valence-electron chi connectivity index (χ0n) is 12.6. The first-order chi connectivity index (χ1) is 10.1. The summed E-state index contributed by atoms with van der Waals surface area (Å²) >= 11 is 0. The van der Waals surface area contributed by atoms with Gasteiger partial charge in [-0.05, 0) is 18.6 Å². The molecule has 0 spiro atoms. The number of hydrogen-bond donors (Lipinski definition) is 2.